The Labute approximate surface area is 187 Å². The summed E-state index contributed by atoms with van der Waals surface area (Å²) in [5.41, 5.74) is 3.91. The lowest BCUT2D eigenvalue weighted by molar-refractivity contribution is 0.312. The molecule has 8 nitrogen and oxygen atoms in total. The van der Waals surface area contributed by atoms with Gasteiger partial charge < -0.3 is 19.9 Å². The number of aromatic nitrogens is 4. The zero-order chi connectivity index (χ0) is 21.9. The highest BCUT2D eigenvalue weighted by molar-refractivity contribution is 5.70. The van der Waals surface area contributed by atoms with Crippen LogP contribution in [0.1, 0.15) is 5.56 Å². The number of methoxy groups -OCH3 is 1. The molecule has 0 spiro atoms. The second-order valence-electron chi connectivity index (χ2n) is 8.01. The predicted octanol–water partition coefficient (Wildman–Crippen LogP) is 3.16. The largest absolute Gasteiger partial charge is 0.497 e. The number of ether oxygens (including phenoxy) is 1. The van der Waals surface area contributed by atoms with Gasteiger partial charge in [0.1, 0.15) is 11.6 Å². The third-order valence-corrected chi connectivity index (χ3v) is 5.92. The first-order valence-corrected chi connectivity index (χ1v) is 10.8. The topological polar surface area (TPSA) is 70.8 Å². The van der Waals surface area contributed by atoms with Crippen molar-refractivity contribution in [3.05, 3.63) is 66.7 Å². The lowest BCUT2D eigenvalue weighted by Gasteiger charge is -2.33. The Hall–Kier alpha value is -3.65. The SMILES string of the molecule is COc1ccc(CNc2ncc(-c3ccc(N4CCN(C)CC4)nc3)n3ccnc23)cc1. The molecule has 0 radical (unpaired) electrons. The number of fused-ring (bicyclic) bond motifs is 1. The van der Waals surface area contributed by atoms with Crippen LogP contribution in [0.2, 0.25) is 0 Å². The number of hydrogen-bond acceptors (Lipinski definition) is 7. The first-order valence-electron chi connectivity index (χ1n) is 10.8. The van der Waals surface area contributed by atoms with Gasteiger partial charge in [-0.15, -0.1) is 0 Å². The quantitative estimate of drug-likeness (QED) is 0.505. The lowest BCUT2D eigenvalue weighted by Crippen LogP contribution is -2.44. The summed E-state index contributed by atoms with van der Waals surface area (Å²) in [7, 11) is 3.83. The van der Waals surface area contributed by atoms with E-state index in [1.165, 1.54) is 0 Å². The van der Waals surface area contributed by atoms with Crippen LogP contribution in [0.15, 0.2) is 61.2 Å². The maximum absolute atomic E-state index is 5.22. The molecule has 4 aromatic rings. The van der Waals surface area contributed by atoms with Gasteiger partial charge in [-0.25, -0.2) is 15.0 Å². The maximum atomic E-state index is 5.22. The summed E-state index contributed by atoms with van der Waals surface area (Å²) < 4.78 is 7.28. The van der Waals surface area contributed by atoms with Crippen molar-refractivity contribution in [3.63, 3.8) is 0 Å². The van der Waals surface area contributed by atoms with E-state index in [9.17, 15) is 0 Å². The fraction of sp³-hybridized carbons (Fsp3) is 0.292. The van der Waals surface area contributed by atoms with Crippen LogP contribution >= 0.6 is 0 Å². The van der Waals surface area contributed by atoms with Gasteiger partial charge in [0.2, 0.25) is 0 Å². The standard InChI is InChI=1S/C24H27N7O/c1-29-11-13-30(14-12-29)22-8-5-19(16-26-22)21-17-28-23(24-25-9-10-31(21)24)27-15-18-3-6-20(32-2)7-4-18/h3-10,16-17H,11-15H2,1-2H3,(H,27,28). The Morgan fingerprint density at radius 2 is 1.75 bits per heavy atom. The van der Waals surface area contributed by atoms with Crippen molar-refractivity contribution in [2.45, 2.75) is 6.54 Å². The molecular formula is C24H27N7O. The minimum absolute atomic E-state index is 0.653. The van der Waals surface area contributed by atoms with Gasteiger partial charge in [0, 0.05) is 56.9 Å². The van der Waals surface area contributed by atoms with Gasteiger partial charge in [-0.3, -0.25) is 4.40 Å². The Morgan fingerprint density at radius 3 is 2.47 bits per heavy atom. The molecule has 0 saturated carbocycles. The van der Waals surface area contributed by atoms with Crippen molar-refractivity contribution in [1.82, 2.24) is 24.3 Å². The van der Waals surface area contributed by atoms with E-state index in [2.05, 4.69) is 48.7 Å². The van der Waals surface area contributed by atoms with Crippen LogP contribution in [0, 0.1) is 0 Å². The predicted molar refractivity (Wildman–Crippen MR) is 126 cm³/mol. The highest BCUT2D eigenvalue weighted by atomic mass is 16.5. The van der Waals surface area contributed by atoms with Crippen LogP contribution in [-0.4, -0.2) is 64.6 Å². The van der Waals surface area contributed by atoms with E-state index in [0.29, 0.717) is 6.54 Å². The number of rotatable bonds is 6. The number of benzene rings is 1. The molecule has 1 aliphatic rings. The summed E-state index contributed by atoms with van der Waals surface area (Å²) in [5, 5.41) is 3.40. The summed E-state index contributed by atoms with van der Waals surface area (Å²) in [6.45, 7) is 4.79. The lowest BCUT2D eigenvalue weighted by atomic mass is 10.2. The molecule has 0 atom stereocenters. The molecule has 4 heterocycles. The number of likely N-dealkylation sites (N-methyl/N-ethyl adjacent to an activating group) is 1. The van der Waals surface area contributed by atoms with Gasteiger partial charge >= 0.3 is 0 Å². The highest BCUT2D eigenvalue weighted by Gasteiger charge is 2.16. The fourth-order valence-electron chi connectivity index (χ4n) is 3.95. The van der Waals surface area contributed by atoms with Crippen LogP contribution in [0.3, 0.4) is 0 Å². The third-order valence-electron chi connectivity index (χ3n) is 5.92. The van der Waals surface area contributed by atoms with Gasteiger partial charge in [0.05, 0.1) is 19.0 Å². The van der Waals surface area contributed by atoms with Crippen molar-refractivity contribution in [2.75, 3.05) is 50.6 Å². The monoisotopic (exact) mass is 429 g/mol. The molecule has 8 heteroatoms. The molecule has 1 aromatic carbocycles. The van der Waals surface area contributed by atoms with Gasteiger partial charge in [-0.05, 0) is 36.9 Å². The molecule has 1 fully saturated rings. The molecular weight excluding hydrogens is 402 g/mol. The van der Waals surface area contributed by atoms with Gasteiger partial charge in [-0.1, -0.05) is 12.1 Å². The molecule has 1 N–H and O–H groups in total. The number of piperazine rings is 1. The molecule has 3 aromatic heterocycles. The average molecular weight is 430 g/mol. The Balaban J connectivity index is 1.35. The third kappa shape index (κ3) is 4.09. The highest BCUT2D eigenvalue weighted by Crippen LogP contribution is 2.25. The molecule has 1 saturated heterocycles. The van der Waals surface area contributed by atoms with Crippen LogP contribution in [0.5, 0.6) is 5.75 Å². The molecule has 0 unspecified atom stereocenters. The number of hydrogen-bond donors (Lipinski definition) is 1. The molecule has 1 aliphatic heterocycles. The van der Waals surface area contributed by atoms with E-state index in [-0.39, 0.29) is 0 Å². The molecule has 5 rings (SSSR count). The fourth-order valence-corrected chi connectivity index (χ4v) is 3.95. The minimum Gasteiger partial charge on any atom is -0.497 e. The smallest absolute Gasteiger partial charge is 0.180 e. The first kappa shape index (κ1) is 20.3. The molecule has 32 heavy (non-hydrogen) atoms. The number of nitrogens with one attached hydrogen (secondary N) is 1. The van der Waals surface area contributed by atoms with E-state index in [1.807, 2.05) is 42.9 Å². The van der Waals surface area contributed by atoms with Crippen LogP contribution in [-0.2, 0) is 6.54 Å². The second-order valence-corrected chi connectivity index (χ2v) is 8.01. The molecule has 164 valence electrons. The average Bonchev–Trinajstić information content (AvgIpc) is 3.34. The molecule has 0 amide bonds. The van der Waals surface area contributed by atoms with Crippen LogP contribution < -0.4 is 15.0 Å². The summed E-state index contributed by atoms with van der Waals surface area (Å²) in [4.78, 5) is 18.6. The van der Waals surface area contributed by atoms with Gasteiger partial charge in [0.15, 0.2) is 11.5 Å². The normalized spacial score (nSPS) is 14.6. The van der Waals surface area contributed by atoms with Crippen molar-refractivity contribution >= 4 is 17.3 Å². The maximum Gasteiger partial charge on any atom is 0.180 e. The summed E-state index contributed by atoms with van der Waals surface area (Å²) in [5.74, 6) is 2.62. The number of pyridine rings is 1. The van der Waals surface area contributed by atoms with Crippen LogP contribution in [0.25, 0.3) is 16.9 Å². The van der Waals surface area contributed by atoms with Crippen molar-refractivity contribution in [3.8, 4) is 17.0 Å². The van der Waals surface area contributed by atoms with Crippen molar-refractivity contribution in [2.24, 2.45) is 0 Å². The summed E-state index contributed by atoms with van der Waals surface area (Å²) >= 11 is 0. The van der Waals surface area contributed by atoms with E-state index < -0.39 is 0 Å². The van der Waals surface area contributed by atoms with Crippen molar-refractivity contribution in [1.29, 1.82) is 0 Å². The summed E-state index contributed by atoms with van der Waals surface area (Å²) in [6.07, 6.45) is 7.55. The molecule has 0 bridgehead atoms. The Kier molecular flexibility index (Phi) is 5.60. The van der Waals surface area contributed by atoms with E-state index in [4.69, 9.17) is 9.72 Å². The molecule has 0 aliphatic carbocycles. The van der Waals surface area contributed by atoms with Crippen LogP contribution in [0.4, 0.5) is 11.6 Å². The summed E-state index contributed by atoms with van der Waals surface area (Å²) in [6, 6.07) is 12.2. The van der Waals surface area contributed by atoms with Gasteiger partial charge in [0.25, 0.3) is 0 Å². The minimum atomic E-state index is 0.653. The number of nitrogens with zero attached hydrogens (tertiary/aromatic N) is 6. The second kappa shape index (κ2) is 8.84. The van der Waals surface area contributed by atoms with Crippen molar-refractivity contribution < 1.29 is 4.74 Å². The first-order chi connectivity index (χ1) is 15.7. The van der Waals surface area contributed by atoms with E-state index in [1.54, 1.807) is 13.3 Å². The zero-order valence-corrected chi connectivity index (χ0v) is 18.4. The van der Waals surface area contributed by atoms with E-state index >= 15 is 0 Å². The Morgan fingerprint density at radius 1 is 0.938 bits per heavy atom. The number of anilines is 2. The van der Waals surface area contributed by atoms with Gasteiger partial charge in [-0.2, -0.15) is 0 Å². The zero-order valence-electron chi connectivity index (χ0n) is 18.4. The van der Waals surface area contributed by atoms with E-state index in [0.717, 1.165) is 66.0 Å². The number of imidazole rings is 1. The Bertz CT molecular complexity index is 1180.